The van der Waals surface area contributed by atoms with Gasteiger partial charge in [-0.1, -0.05) is 157 Å². The van der Waals surface area contributed by atoms with Crippen LogP contribution in [0.5, 0.6) is 0 Å². The highest BCUT2D eigenvalue weighted by Crippen LogP contribution is 2.38. The highest BCUT2D eigenvalue weighted by Gasteiger charge is 2.22. The van der Waals surface area contributed by atoms with E-state index in [0.29, 0.717) is 30.3 Å². The highest BCUT2D eigenvalue weighted by molar-refractivity contribution is 7.45. The zero-order valence-corrected chi connectivity index (χ0v) is 40.1. The first-order valence-electron chi connectivity index (χ1n) is 23.8. The smallest absolute Gasteiger partial charge is 0.306 e. The quantitative estimate of drug-likeness (QED) is 0.0159. The van der Waals surface area contributed by atoms with E-state index in [2.05, 4.69) is 62.5 Å². The Balaban J connectivity index is 4.50. The van der Waals surface area contributed by atoms with Gasteiger partial charge in [0.1, 0.15) is 19.8 Å². The largest absolute Gasteiger partial charge is 0.756 e. The Morgan fingerprint density at radius 2 is 1.10 bits per heavy atom. The van der Waals surface area contributed by atoms with Crippen LogP contribution in [0.15, 0.2) is 72.9 Å². The van der Waals surface area contributed by atoms with Crippen molar-refractivity contribution in [1.29, 1.82) is 0 Å². The number of ether oxygens (including phenoxy) is 2. The summed E-state index contributed by atoms with van der Waals surface area (Å²) in [4.78, 5) is 37.6. The Morgan fingerprint density at radius 1 is 0.607 bits per heavy atom. The van der Waals surface area contributed by atoms with Crippen molar-refractivity contribution < 1.29 is 47.2 Å². The lowest BCUT2D eigenvalue weighted by Crippen LogP contribution is -2.37. The third kappa shape index (κ3) is 45.3. The van der Waals surface area contributed by atoms with Crippen molar-refractivity contribution in [3.63, 3.8) is 0 Å². The summed E-state index contributed by atoms with van der Waals surface area (Å²) in [6, 6.07) is 0. The van der Waals surface area contributed by atoms with Gasteiger partial charge in [-0.05, 0) is 77.0 Å². The molecule has 352 valence electrons. The standard InChI is InChI=1S/C50H88NO9P/c1-6-8-10-12-14-16-18-20-21-22-23-24-25-27-29-31-33-35-37-41-50(54)60-48(46-59-61(55,56)58-44-43-51(3,4)5)45-57-49(53)42-38-40-47(52)39-36-34-32-30-28-26-19-17-15-13-11-9-7-2/h14-17,20-21,26,28,32,34,36,39,47-48,52H,6-13,18-19,22-25,27,29-31,33,35,37-38,40-46H2,1-5H3/b16-14-,17-15-,21-20-,28-26-,34-32-,39-36+/t47-,48-/m1/s1. The molecule has 11 heteroatoms. The maximum absolute atomic E-state index is 12.7. The molecule has 0 aromatic heterocycles. The molecule has 0 heterocycles. The number of rotatable bonds is 42. The van der Waals surface area contributed by atoms with E-state index in [-0.39, 0.29) is 26.1 Å². The first-order chi connectivity index (χ1) is 29.4. The Bertz CT molecular complexity index is 1280. The molecule has 0 bridgehead atoms. The molecule has 0 rings (SSSR count). The molecule has 0 aromatic rings. The first-order valence-corrected chi connectivity index (χ1v) is 25.2. The fourth-order valence-corrected chi connectivity index (χ4v) is 6.75. The lowest BCUT2D eigenvalue weighted by Gasteiger charge is -2.28. The molecule has 0 amide bonds. The van der Waals surface area contributed by atoms with Gasteiger partial charge in [0.2, 0.25) is 0 Å². The van der Waals surface area contributed by atoms with Crippen LogP contribution in [0.3, 0.4) is 0 Å². The Morgan fingerprint density at radius 3 is 1.66 bits per heavy atom. The van der Waals surface area contributed by atoms with E-state index in [9.17, 15) is 24.2 Å². The fourth-order valence-electron chi connectivity index (χ4n) is 6.02. The number of unbranched alkanes of at least 4 members (excludes halogenated alkanes) is 15. The molecule has 0 saturated heterocycles. The summed E-state index contributed by atoms with van der Waals surface area (Å²) in [6.07, 6.45) is 48.1. The van der Waals surface area contributed by atoms with Crippen LogP contribution in [0.1, 0.15) is 174 Å². The van der Waals surface area contributed by atoms with Crippen molar-refractivity contribution in [2.75, 3.05) is 47.5 Å². The SMILES string of the molecule is CCCCC/C=C\C/C=C\C/C=C\C=C\[C@@H](O)CCCC(=O)OC[C@H](COP(=O)([O-])OCC[N+](C)(C)C)OC(=O)CCCCCCCCCCC/C=C\C/C=C\CCCCC. The number of phosphoric acid groups is 1. The molecule has 3 atom stereocenters. The minimum atomic E-state index is -4.68. The minimum absolute atomic E-state index is 0.0447. The summed E-state index contributed by atoms with van der Waals surface area (Å²) in [6.45, 7) is 3.94. The predicted molar refractivity (Wildman–Crippen MR) is 251 cm³/mol. The van der Waals surface area contributed by atoms with E-state index in [1.807, 2.05) is 33.3 Å². The van der Waals surface area contributed by atoms with Crippen LogP contribution < -0.4 is 4.89 Å². The van der Waals surface area contributed by atoms with Gasteiger partial charge in [-0.15, -0.1) is 0 Å². The minimum Gasteiger partial charge on any atom is -0.756 e. The molecule has 10 nitrogen and oxygen atoms in total. The second-order valence-electron chi connectivity index (χ2n) is 17.0. The molecule has 0 fully saturated rings. The molecule has 0 saturated carbocycles. The molecule has 0 spiro atoms. The number of nitrogens with zero attached hydrogens (tertiary/aromatic N) is 1. The van der Waals surface area contributed by atoms with E-state index in [0.717, 1.165) is 51.4 Å². The molecule has 0 aliphatic rings. The van der Waals surface area contributed by atoms with E-state index in [4.69, 9.17) is 18.5 Å². The number of carbonyl (C=O) groups excluding carboxylic acids is 2. The van der Waals surface area contributed by atoms with Gasteiger partial charge in [-0.25, -0.2) is 0 Å². The lowest BCUT2D eigenvalue weighted by atomic mass is 10.1. The molecule has 0 radical (unpaired) electrons. The number of phosphoric ester groups is 1. The van der Waals surface area contributed by atoms with Crippen LogP contribution in [0, 0.1) is 0 Å². The number of esters is 2. The van der Waals surface area contributed by atoms with Crippen LogP contribution in [0.25, 0.3) is 0 Å². The Kier molecular flexibility index (Phi) is 39.7. The molecule has 0 aliphatic heterocycles. The van der Waals surface area contributed by atoms with Crippen LogP contribution >= 0.6 is 7.82 Å². The molecule has 1 N–H and O–H groups in total. The van der Waals surface area contributed by atoms with Gasteiger partial charge in [0.15, 0.2) is 6.10 Å². The number of hydrogen-bond donors (Lipinski definition) is 1. The lowest BCUT2D eigenvalue weighted by molar-refractivity contribution is -0.870. The van der Waals surface area contributed by atoms with Gasteiger partial charge in [-0.3, -0.25) is 14.2 Å². The van der Waals surface area contributed by atoms with Crippen LogP contribution in [-0.2, 0) is 32.7 Å². The van der Waals surface area contributed by atoms with Gasteiger partial charge in [-0.2, -0.15) is 0 Å². The van der Waals surface area contributed by atoms with Gasteiger partial charge in [0, 0.05) is 12.8 Å². The summed E-state index contributed by atoms with van der Waals surface area (Å²) in [7, 11) is 1.05. The Labute approximate surface area is 372 Å². The van der Waals surface area contributed by atoms with Crippen LogP contribution in [0.2, 0.25) is 0 Å². The van der Waals surface area contributed by atoms with Crippen molar-refractivity contribution in [2.45, 2.75) is 187 Å². The van der Waals surface area contributed by atoms with Crippen LogP contribution in [0.4, 0.5) is 0 Å². The molecule has 1 unspecified atom stereocenters. The molecule has 0 aromatic carbocycles. The highest BCUT2D eigenvalue weighted by atomic mass is 31.2. The second-order valence-corrected chi connectivity index (χ2v) is 18.4. The van der Waals surface area contributed by atoms with Gasteiger partial charge < -0.3 is 33.0 Å². The Hall–Kier alpha value is -2.59. The van der Waals surface area contributed by atoms with E-state index >= 15 is 0 Å². The van der Waals surface area contributed by atoms with Gasteiger partial charge in [0.05, 0.1) is 33.9 Å². The first kappa shape index (κ1) is 58.4. The maximum atomic E-state index is 12.7. The molecule has 0 aliphatic carbocycles. The summed E-state index contributed by atoms with van der Waals surface area (Å²) in [5.74, 6) is -1.05. The monoisotopic (exact) mass is 878 g/mol. The van der Waals surface area contributed by atoms with Crippen LogP contribution in [-0.4, -0.2) is 81.2 Å². The van der Waals surface area contributed by atoms with Crippen molar-refractivity contribution in [2.24, 2.45) is 0 Å². The summed E-state index contributed by atoms with van der Waals surface area (Å²) in [5, 5.41) is 10.3. The topological polar surface area (TPSA) is 131 Å². The number of carbonyl (C=O) groups is 2. The average molecular weight is 878 g/mol. The average Bonchev–Trinajstić information content (AvgIpc) is 3.21. The van der Waals surface area contributed by atoms with E-state index in [1.54, 1.807) is 12.2 Å². The number of quaternary nitrogens is 1. The molecular formula is C50H88NO9P. The summed E-state index contributed by atoms with van der Waals surface area (Å²) >= 11 is 0. The second kappa shape index (κ2) is 41.4. The predicted octanol–water partition coefficient (Wildman–Crippen LogP) is 12.1. The number of aliphatic hydroxyl groups is 1. The van der Waals surface area contributed by atoms with Crippen molar-refractivity contribution in [1.82, 2.24) is 0 Å². The summed E-state index contributed by atoms with van der Waals surface area (Å²) < 4.78 is 33.8. The molecular weight excluding hydrogens is 790 g/mol. The fraction of sp³-hybridized carbons (Fsp3) is 0.720. The van der Waals surface area contributed by atoms with Crippen molar-refractivity contribution in [3.8, 4) is 0 Å². The van der Waals surface area contributed by atoms with Crippen molar-refractivity contribution in [3.05, 3.63) is 72.9 Å². The number of hydrogen-bond acceptors (Lipinski definition) is 9. The van der Waals surface area contributed by atoms with Gasteiger partial charge >= 0.3 is 11.9 Å². The third-order valence-electron chi connectivity index (χ3n) is 9.80. The zero-order valence-electron chi connectivity index (χ0n) is 39.2. The summed E-state index contributed by atoms with van der Waals surface area (Å²) in [5.41, 5.74) is 0. The van der Waals surface area contributed by atoms with E-state index in [1.165, 1.54) is 77.0 Å². The number of allylic oxidation sites excluding steroid dienone is 11. The van der Waals surface area contributed by atoms with E-state index < -0.39 is 38.6 Å². The third-order valence-corrected chi connectivity index (χ3v) is 10.8. The molecule has 61 heavy (non-hydrogen) atoms. The van der Waals surface area contributed by atoms with Gasteiger partial charge in [0.25, 0.3) is 7.82 Å². The number of likely N-dealkylation sites (N-methyl/N-ethyl adjacent to an activating group) is 1. The maximum Gasteiger partial charge on any atom is 0.306 e. The van der Waals surface area contributed by atoms with Crippen molar-refractivity contribution >= 4 is 19.8 Å². The zero-order chi connectivity index (χ0) is 45.1. The number of aliphatic hydroxyl groups excluding tert-OH is 1. The normalized spacial score (nSPS) is 14.7.